The summed E-state index contributed by atoms with van der Waals surface area (Å²) in [6, 6.07) is 3.63. The van der Waals surface area contributed by atoms with Gasteiger partial charge in [0.25, 0.3) is 0 Å². The third-order valence-corrected chi connectivity index (χ3v) is 3.80. The van der Waals surface area contributed by atoms with Crippen molar-refractivity contribution in [2.45, 2.75) is 13.8 Å². The van der Waals surface area contributed by atoms with Crippen LogP contribution in [-0.2, 0) is 4.74 Å². The second kappa shape index (κ2) is 5.85. The van der Waals surface area contributed by atoms with Gasteiger partial charge in [-0.3, -0.25) is 4.57 Å². The van der Waals surface area contributed by atoms with Crippen LogP contribution in [0.2, 0.25) is 5.02 Å². The molecule has 0 atom stereocenters. The van der Waals surface area contributed by atoms with Crippen molar-refractivity contribution in [2.75, 3.05) is 12.3 Å². The molecule has 2 rings (SSSR count). The summed E-state index contributed by atoms with van der Waals surface area (Å²) in [7, 11) is 0. The highest BCUT2D eigenvalue weighted by Gasteiger charge is 2.19. The first-order chi connectivity index (χ1) is 9.45. The number of nitrogen functional groups attached to an aromatic ring is 1. The first-order valence-corrected chi connectivity index (χ1v) is 7.08. The monoisotopic (exact) mass is 357 g/mol. The fraction of sp³-hybridized carbons (Fsp3) is 0.231. The Bertz CT molecular complexity index is 670. The average Bonchev–Trinajstić information content (AvgIpc) is 2.76. The van der Waals surface area contributed by atoms with E-state index >= 15 is 0 Å². The number of benzene rings is 1. The molecule has 0 fully saturated rings. The van der Waals surface area contributed by atoms with Crippen molar-refractivity contribution in [1.29, 1.82) is 0 Å². The highest BCUT2D eigenvalue weighted by molar-refractivity contribution is 9.10. The highest BCUT2D eigenvalue weighted by Crippen LogP contribution is 2.30. The zero-order valence-corrected chi connectivity index (χ0v) is 13.3. The largest absolute Gasteiger partial charge is 0.461 e. The van der Waals surface area contributed by atoms with Crippen LogP contribution in [0.3, 0.4) is 0 Å². The van der Waals surface area contributed by atoms with Crippen molar-refractivity contribution in [3.8, 4) is 5.69 Å². The number of aromatic nitrogens is 2. The number of aryl methyl sites for hydroxylation is 1. The van der Waals surface area contributed by atoms with Crippen LogP contribution in [-0.4, -0.2) is 22.1 Å². The summed E-state index contributed by atoms with van der Waals surface area (Å²) >= 11 is 9.57. The maximum atomic E-state index is 11.7. The van der Waals surface area contributed by atoms with Crippen molar-refractivity contribution in [3.05, 3.63) is 39.2 Å². The van der Waals surface area contributed by atoms with E-state index < -0.39 is 5.97 Å². The molecule has 0 spiro atoms. The number of nitrogens with zero attached hydrogens (tertiary/aromatic N) is 2. The second-order valence-corrected chi connectivity index (χ2v) is 5.38. The van der Waals surface area contributed by atoms with Gasteiger partial charge in [-0.05, 0) is 47.5 Å². The molecule has 0 bridgehead atoms. The van der Waals surface area contributed by atoms with Crippen LogP contribution in [0.5, 0.6) is 0 Å². The number of rotatable bonds is 3. The Labute approximate surface area is 129 Å². The Morgan fingerprint density at radius 2 is 2.25 bits per heavy atom. The Morgan fingerprint density at radius 1 is 1.55 bits per heavy atom. The van der Waals surface area contributed by atoms with Crippen molar-refractivity contribution >= 4 is 39.3 Å². The molecule has 0 saturated carbocycles. The lowest BCUT2D eigenvalue weighted by Gasteiger charge is -2.10. The zero-order chi connectivity index (χ0) is 14.9. The predicted molar refractivity (Wildman–Crippen MR) is 81.4 cm³/mol. The Hall–Kier alpha value is -1.53. The van der Waals surface area contributed by atoms with Crippen LogP contribution in [0.25, 0.3) is 5.69 Å². The van der Waals surface area contributed by atoms with E-state index in [1.807, 2.05) is 13.0 Å². The van der Waals surface area contributed by atoms with Crippen molar-refractivity contribution in [3.63, 3.8) is 0 Å². The van der Waals surface area contributed by atoms with Gasteiger partial charge in [0, 0.05) is 9.50 Å². The quantitative estimate of drug-likeness (QED) is 0.854. The first-order valence-electron chi connectivity index (χ1n) is 5.91. The van der Waals surface area contributed by atoms with E-state index in [4.69, 9.17) is 22.1 Å². The lowest BCUT2D eigenvalue weighted by molar-refractivity contribution is 0.0521. The second-order valence-electron chi connectivity index (χ2n) is 4.12. The van der Waals surface area contributed by atoms with Crippen molar-refractivity contribution in [1.82, 2.24) is 9.55 Å². The van der Waals surface area contributed by atoms with Crippen LogP contribution in [0.15, 0.2) is 22.9 Å². The predicted octanol–water partition coefficient (Wildman–Crippen LogP) is 3.36. The van der Waals surface area contributed by atoms with Crippen LogP contribution in [0.4, 0.5) is 5.82 Å². The molecule has 1 heterocycles. The molecule has 20 heavy (non-hydrogen) atoms. The summed E-state index contributed by atoms with van der Waals surface area (Å²) in [5, 5.41) is 0.606. The molecule has 5 nitrogen and oxygen atoms in total. The number of imidazole rings is 1. The minimum absolute atomic E-state index is 0.0930. The number of carbonyl (C=O) groups is 1. The Kier molecular flexibility index (Phi) is 4.35. The number of nitrogens with two attached hydrogens (primary N) is 1. The maximum Gasteiger partial charge on any atom is 0.360 e. The number of halogens is 2. The molecule has 2 N–H and O–H groups in total. The number of hydrogen-bond acceptors (Lipinski definition) is 4. The molecule has 0 amide bonds. The van der Waals surface area contributed by atoms with Gasteiger partial charge in [0.2, 0.25) is 0 Å². The Morgan fingerprint density at radius 3 is 2.90 bits per heavy atom. The molecule has 0 unspecified atom stereocenters. The van der Waals surface area contributed by atoms with E-state index in [9.17, 15) is 4.79 Å². The van der Waals surface area contributed by atoms with Gasteiger partial charge in [-0.15, -0.1) is 0 Å². The number of carbonyl (C=O) groups excluding carboxylic acids is 1. The molecule has 1 aromatic carbocycles. The number of esters is 1. The van der Waals surface area contributed by atoms with Gasteiger partial charge >= 0.3 is 5.97 Å². The standard InChI is InChI=1S/C13H13BrClN3O2/c1-3-20-13(19)11-12(16)18(6-17-11)10-5-9(15)7(2)4-8(10)14/h4-6H,3,16H2,1-2H3. The van der Waals surface area contributed by atoms with Gasteiger partial charge in [0.15, 0.2) is 5.69 Å². The molecule has 1 aromatic heterocycles. The van der Waals surface area contributed by atoms with E-state index in [1.54, 1.807) is 17.6 Å². The summed E-state index contributed by atoms with van der Waals surface area (Å²) < 4.78 is 7.29. The fourth-order valence-electron chi connectivity index (χ4n) is 1.73. The molecule has 0 aliphatic carbocycles. The maximum absolute atomic E-state index is 11.7. The van der Waals surface area contributed by atoms with Gasteiger partial charge in [-0.2, -0.15) is 0 Å². The third kappa shape index (κ3) is 2.66. The number of hydrogen-bond donors (Lipinski definition) is 1. The highest BCUT2D eigenvalue weighted by atomic mass is 79.9. The SMILES string of the molecule is CCOC(=O)c1ncn(-c2cc(Cl)c(C)cc2Br)c1N. The molecule has 0 radical (unpaired) electrons. The van der Waals surface area contributed by atoms with Crippen LogP contribution < -0.4 is 5.73 Å². The molecule has 2 aromatic rings. The number of anilines is 1. The van der Waals surface area contributed by atoms with E-state index in [1.165, 1.54) is 6.33 Å². The first kappa shape index (κ1) is 14.9. The van der Waals surface area contributed by atoms with E-state index in [0.29, 0.717) is 10.7 Å². The molecule has 0 aliphatic heterocycles. The molecular weight excluding hydrogens is 346 g/mol. The normalized spacial score (nSPS) is 10.6. The lowest BCUT2D eigenvalue weighted by atomic mass is 10.2. The van der Waals surface area contributed by atoms with E-state index in [2.05, 4.69) is 20.9 Å². The summed E-state index contributed by atoms with van der Waals surface area (Å²) in [6.45, 7) is 3.89. The van der Waals surface area contributed by atoms with Crippen LogP contribution in [0, 0.1) is 6.92 Å². The van der Waals surface area contributed by atoms with Gasteiger partial charge in [0.1, 0.15) is 12.1 Å². The smallest absolute Gasteiger partial charge is 0.360 e. The third-order valence-electron chi connectivity index (χ3n) is 2.76. The zero-order valence-electron chi connectivity index (χ0n) is 11.0. The van der Waals surface area contributed by atoms with Gasteiger partial charge in [0.05, 0.1) is 12.3 Å². The lowest BCUT2D eigenvalue weighted by Crippen LogP contribution is -2.09. The molecule has 106 valence electrons. The average molecular weight is 359 g/mol. The molecule has 0 saturated heterocycles. The topological polar surface area (TPSA) is 70.1 Å². The summed E-state index contributed by atoms with van der Waals surface area (Å²) in [5.74, 6) is -0.331. The van der Waals surface area contributed by atoms with Crippen molar-refractivity contribution < 1.29 is 9.53 Å². The molecule has 7 heteroatoms. The van der Waals surface area contributed by atoms with Crippen LogP contribution >= 0.6 is 27.5 Å². The molecular formula is C13H13BrClN3O2. The van der Waals surface area contributed by atoms with Gasteiger partial charge in [-0.1, -0.05) is 11.6 Å². The minimum Gasteiger partial charge on any atom is -0.461 e. The van der Waals surface area contributed by atoms with Gasteiger partial charge in [-0.25, -0.2) is 9.78 Å². The van der Waals surface area contributed by atoms with Crippen LogP contribution in [0.1, 0.15) is 23.0 Å². The van der Waals surface area contributed by atoms with Gasteiger partial charge < -0.3 is 10.5 Å². The Balaban J connectivity index is 2.50. The van der Waals surface area contributed by atoms with Crippen molar-refractivity contribution in [2.24, 2.45) is 0 Å². The number of ether oxygens (including phenoxy) is 1. The summed E-state index contributed by atoms with van der Waals surface area (Å²) in [6.07, 6.45) is 1.47. The summed E-state index contributed by atoms with van der Waals surface area (Å²) in [5.41, 5.74) is 7.70. The molecule has 0 aliphatic rings. The van der Waals surface area contributed by atoms with E-state index in [-0.39, 0.29) is 18.1 Å². The minimum atomic E-state index is -0.543. The fourth-order valence-corrected chi connectivity index (χ4v) is 2.53. The summed E-state index contributed by atoms with van der Waals surface area (Å²) in [4.78, 5) is 15.7. The van der Waals surface area contributed by atoms with E-state index in [0.717, 1.165) is 10.0 Å².